The van der Waals surface area contributed by atoms with E-state index in [0.717, 1.165) is 0 Å². The highest BCUT2D eigenvalue weighted by atomic mass is 16.7. The molecule has 3 rings (SSSR count). The zero-order valence-electron chi connectivity index (χ0n) is 19.3. The van der Waals surface area contributed by atoms with Gasteiger partial charge in [-0.25, -0.2) is 0 Å². The summed E-state index contributed by atoms with van der Waals surface area (Å²) in [6, 6.07) is 7.40. The standard InChI is InChI=1S/C21H30N6O8/c22-26-24-13-18-20-21(19(14-25-27-23)35-15-34-18)33-12-8-29-6-10-31-17-4-2-1-3-16(17)30-9-5-28-7-11-32-20/h1-4,18-21H,5-15H2/t18-,19+,20-,21-/m0/s1. The summed E-state index contributed by atoms with van der Waals surface area (Å²) in [6.07, 6.45) is -2.61. The summed E-state index contributed by atoms with van der Waals surface area (Å²) in [4.78, 5) is 5.63. The number of rotatable bonds is 4. The fourth-order valence-electron chi connectivity index (χ4n) is 3.58. The van der Waals surface area contributed by atoms with Crippen molar-refractivity contribution < 1.29 is 37.9 Å². The van der Waals surface area contributed by atoms with Crippen LogP contribution in [0.1, 0.15) is 0 Å². The number of azide groups is 2. The first-order chi connectivity index (χ1) is 17.3. The monoisotopic (exact) mass is 494 g/mol. The highest BCUT2D eigenvalue weighted by Gasteiger charge is 2.40. The first-order valence-electron chi connectivity index (χ1n) is 11.3. The van der Waals surface area contributed by atoms with Crippen LogP contribution in [0.5, 0.6) is 11.5 Å². The smallest absolute Gasteiger partial charge is 0.161 e. The normalized spacial score (nSPS) is 27.0. The van der Waals surface area contributed by atoms with Gasteiger partial charge in [-0.15, -0.1) is 0 Å². The van der Waals surface area contributed by atoms with Crippen molar-refractivity contribution in [2.24, 2.45) is 10.2 Å². The molecule has 0 spiro atoms. The van der Waals surface area contributed by atoms with Crippen LogP contribution < -0.4 is 9.47 Å². The summed E-state index contributed by atoms with van der Waals surface area (Å²) >= 11 is 0. The Bertz CT molecular complexity index is 784. The molecule has 0 N–H and O–H groups in total. The average molecular weight is 495 g/mol. The second kappa shape index (κ2) is 16.0. The molecule has 14 heteroatoms. The van der Waals surface area contributed by atoms with Gasteiger partial charge in [-0.2, -0.15) is 0 Å². The van der Waals surface area contributed by atoms with E-state index < -0.39 is 24.4 Å². The minimum absolute atomic E-state index is 0.0145. The van der Waals surface area contributed by atoms with Crippen LogP contribution in [0.3, 0.4) is 0 Å². The van der Waals surface area contributed by atoms with Gasteiger partial charge >= 0.3 is 0 Å². The minimum atomic E-state index is -0.671. The lowest BCUT2D eigenvalue weighted by Gasteiger charge is -2.32. The molecule has 2 aliphatic heterocycles. The van der Waals surface area contributed by atoms with Crippen molar-refractivity contribution in [1.29, 1.82) is 0 Å². The number of nitrogens with zero attached hydrogens (tertiary/aromatic N) is 6. The van der Waals surface area contributed by atoms with Crippen molar-refractivity contribution in [2.75, 3.05) is 72.7 Å². The van der Waals surface area contributed by atoms with E-state index in [1.54, 1.807) is 0 Å². The molecular weight excluding hydrogens is 464 g/mol. The zero-order valence-corrected chi connectivity index (χ0v) is 19.3. The second-order valence-corrected chi connectivity index (χ2v) is 7.39. The maximum absolute atomic E-state index is 8.78. The maximum Gasteiger partial charge on any atom is 0.161 e. The van der Waals surface area contributed by atoms with E-state index in [0.29, 0.717) is 37.9 Å². The summed E-state index contributed by atoms with van der Waals surface area (Å²) in [7, 11) is 0. The second-order valence-electron chi connectivity index (χ2n) is 7.39. The van der Waals surface area contributed by atoms with Gasteiger partial charge in [0.2, 0.25) is 0 Å². The highest BCUT2D eigenvalue weighted by Crippen LogP contribution is 2.26. The molecule has 0 amide bonds. The van der Waals surface area contributed by atoms with Crippen LogP contribution in [-0.2, 0) is 28.4 Å². The van der Waals surface area contributed by atoms with E-state index in [9.17, 15) is 0 Å². The number of hydrogen-bond donors (Lipinski definition) is 0. The Hall–Kier alpha value is -2.80. The Kier molecular flexibility index (Phi) is 12.2. The molecule has 0 unspecified atom stereocenters. The van der Waals surface area contributed by atoms with E-state index >= 15 is 0 Å². The molecule has 1 saturated heterocycles. The Labute approximate surface area is 202 Å². The molecular formula is C21H30N6O8. The Morgan fingerprint density at radius 1 is 0.657 bits per heavy atom. The van der Waals surface area contributed by atoms with Gasteiger partial charge in [-0.1, -0.05) is 22.4 Å². The molecule has 0 bridgehead atoms. The summed E-state index contributed by atoms with van der Waals surface area (Å²) in [5.41, 5.74) is 17.6. The first-order valence-corrected chi connectivity index (χ1v) is 11.3. The van der Waals surface area contributed by atoms with Gasteiger partial charge in [0.05, 0.1) is 64.9 Å². The predicted octanol–water partition coefficient (Wildman–Crippen LogP) is 2.62. The van der Waals surface area contributed by atoms with Crippen LogP contribution in [-0.4, -0.2) is 97.2 Å². The van der Waals surface area contributed by atoms with Crippen molar-refractivity contribution in [2.45, 2.75) is 24.4 Å². The van der Waals surface area contributed by atoms with Gasteiger partial charge < -0.3 is 37.9 Å². The first kappa shape index (κ1) is 26.8. The molecule has 2 heterocycles. The van der Waals surface area contributed by atoms with Gasteiger partial charge in [-0.3, -0.25) is 0 Å². The quantitative estimate of drug-likeness (QED) is 0.349. The topological polar surface area (TPSA) is 171 Å². The van der Waals surface area contributed by atoms with Crippen molar-refractivity contribution in [3.05, 3.63) is 45.2 Å². The van der Waals surface area contributed by atoms with Gasteiger partial charge in [0, 0.05) is 9.82 Å². The predicted molar refractivity (Wildman–Crippen MR) is 121 cm³/mol. The van der Waals surface area contributed by atoms with E-state index in [2.05, 4.69) is 20.1 Å². The van der Waals surface area contributed by atoms with Gasteiger partial charge in [-0.05, 0) is 23.2 Å². The van der Waals surface area contributed by atoms with E-state index in [-0.39, 0.29) is 46.3 Å². The van der Waals surface area contributed by atoms with Crippen LogP contribution in [0.2, 0.25) is 0 Å². The van der Waals surface area contributed by atoms with E-state index in [1.807, 2.05) is 24.3 Å². The van der Waals surface area contributed by atoms with E-state index in [4.69, 9.17) is 49.0 Å². The molecule has 192 valence electrons. The highest BCUT2D eigenvalue weighted by molar-refractivity contribution is 5.39. The molecule has 1 aromatic carbocycles. The molecule has 35 heavy (non-hydrogen) atoms. The number of hydrogen-bond acceptors (Lipinski definition) is 10. The number of benzene rings is 1. The Morgan fingerprint density at radius 3 is 1.57 bits per heavy atom. The lowest BCUT2D eigenvalue weighted by atomic mass is 10.0. The van der Waals surface area contributed by atoms with Gasteiger partial charge in [0.1, 0.15) is 32.2 Å². The largest absolute Gasteiger partial charge is 0.487 e. The number of fused-ring (bicyclic) bond motifs is 2. The molecule has 0 aromatic heterocycles. The van der Waals surface area contributed by atoms with Crippen LogP contribution >= 0.6 is 0 Å². The van der Waals surface area contributed by atoms with Crippen molar-refractivity contribution in [3.8, 4) is 11.5 Å². The molecule has 0 saturated carbocycles. The van der Waals surface area contributed by atoms with Gasteiger partial charge in [0.25, 0.3) is 0 Å². The minimum Gasteiger partial charge on any atom is -0.487 e. The Morgan fingerprint density at radius 2 is 1.11 bits per heavy atom. The maximum atomic E-state index is 8.78. The van der Waals surface area contributed by atoms with Crippen molar-refractivity contribution in [1.82, 2.24) is 0 Å². The third-order valence-corrected chi connectivity index (χ3v) is 5.17. The van der Waals surface area contributed by atoms with Crippen LogP contribution in [0.25, 0.3) is 20.9 Å². The summed E-state index contributed by atoms with van der Waals surface area (Å²) < 4.78 is 46.4. The van der Waals surface area contributed by atoms with Crippen LogP contribution in [0.15, 0.2) is 34.5 Å². The van der Waals surface area contributed by atoms with Gasteiger partial charge in [0.15, 0.2) is 11.5 Å². The summed E-state index contributed by atoms with van der Waals surface area (Å²) in [6.45, 7) is 2.26. The van der Waals surface area contributed by atoms with E-state index in [1.165, 1.54) is 0 Å². The lowest BCUT2D eigenvalue weighted by molar-refractivity contribution is -0.140. The summed E-state index contributed by atoms with van der Waals surface area (Å²) in [5.74, 6) is 1.25. The third-order valence-electron chi connectivity index (χ3n) is 5.17. The Balaban J connectivity index is 1.69. The number of ether oxygens (including phenoxy) is 8. The van der Waals surface area contributed by atoms with Crippen molar-refractivity contribution in [3.63, 3.8) is 0 Å². The molecule has 0 aliphatic carbocycles. The van der Waals surface area contributed by atoms with Crippen molar-refractivity contribution >= 4 is 0 Å². The summed E-state index contributed by atoms with van der Waals surface area (Å²) in [5, 5.41) is 7.26. The van der Waals surface area contributed by atoms with Crippen LogP contribution in [0.4, 0.5) is 0 Å². The molecule has 4 atom stereocenters. The third kappa shape index (κ3) is 9.06. The SMILES string of the molecule is [N-]=[N+]=NC[C@@H]1OCO[C@H](CN=[N+]=[N-])[C@@H]2OCCOCCOc3ccccc3OCCOCCO[C@H]21. The molecule has 2 aliphatic rings. The fraction of sp³-hybridized carbons (Fsp3) is 0.714. The zero-order chi connectivity index (χ0) is 24.6. The number of para-hydroxylation sites is 2. The molecule has 0 radical (unpaired) electrons. The molecule has 1 fully saturated rings. The molecule has 1 aromatic rings. The lowest BCUT2D eigenvalue weighted by Crippen LogP contribution is -2.49. The average Bonchev–Trinajstić information content (AvgIpc) is 3.04. The van der Waals surface area contributed by atoms with Crippen LogP contribution in [0, 0.1) is 0 Å². The molecule has 14 nitrogen and oxygen atoms in total. The fourth-order valence-corrected chi connectivity index (χ4v) is 3.58.